The standard InChI is InChI=1S/C29H29N7O2/c1-18-13-19(3-8-25(18)38-20-4-7-24-23(14-20)33-17-36(24)2)34-28-26-21(31-16-32-28)5-6-22-27(26)37-15-29(35-22)9-11-30-12-10-29/h3-8,13-14,16-17,30,35H,9-12,15H2,1-2H3,(H,31,32,34). The van der Waals surface area contributed by atoms with E-state index in [1.165, 1.54) is 0 Å². The van der Waals surface area contributed by atoms with Crippen molar-refractivity contribution in [3.05, 3.63) is 66.7 Å². The van der Waals surface area contributed by atoms with Crippen LogP contribution >= 0.6 is 0 Å². The Morgan fingerprint density at radius 2 is 1.89 bits per heavy atom. The highest BCUT2D eigenvalue weighted by molar-refractivity contribution is 6.00. The second-order valence-corrected chi connectivity index (χ2v) is 10.2. The summed E-state index contributed by atoms with van der Waals surface area (Å²) in [5.74, 6) is 3.06. The molecular weight excluding hydrogens is 478 g/mol. The molecule has 1 fully saturated rings. The van der Waals surface area contributed by atoms with Gasteiger partial charge in [-0.15, -0.1) is 0 Å². The predicted octanol–water partition coefficient (Wildman–Crippen LogP) is 5.29. The Morgan fingerprint density at radius 3 is 2.76 bits per heavy atom. The summed E-state index contributed by atoms with van der Waals surface area (Å²) in [4.78, 5) is 13.5. The highest BCUT2D eigenvalue weighted by Gasteiger charge is 2.37. The summed E-state index contributed by atoms with van der Waals surface area (Å²) in [6.07, 6.45) is 5.45. The van der Waals surface area contributed by atoms with Gasteiger partial charge in [-0.25, -0.2) is 15.0 Å². The number of ether oxygens (including phenoxy) is 2. The average molecular weight is 508 g/mol. The first kappa shape index (κ1) is 22.8. The topological polar surface area (TPSA) is 98.2 Å². The van der Waals surface area contributed by atoms with Crippen molar-refractivity contribution in [2.45, 2.75) is 25.3 Å². The van der Waals surface area contributed by atoms with Crippen LogP contribution in [-0.2, 0) is 7.05 Å². The van der Waals surface area contributed by atoms with Crippen LogP contribution in [0.2, 0.25) is 0 Å². The minimum atomic E-state index is -0.0246. The van der Waals surface area contributed by atoms with Crippen LogP contribution in [0.4, 0.5) is 17.2 Å². The molecule has 2 aliphatic rings. The number of piperidine rings is 1. The fourth-order valence-corrected chi connectivity index (χ4v) is 5.46. The summed E-state index contributed by atoms with van der Waals surface area (Å²) in [5, 5.41) is 11.6. The molecule has 7 rings (SSSR count). The lowest BCUT2D eigenvalue weighted by Crippen LogP contribution is -2.53. The zero-order valence-electron chi connectivity index (χ0n) is 21.4. The number of imidazole rings is 1. The number of hydrogen-bond acceptors (Lipinski definition) is 8. The molecule has 2 aliphatic heterocycles. The molecule has 0 unspecified atom stereocenters. The summed E-state index contributed by atoms with van der Waals surface area (Å²) in [6, 6.07) is 16.1. The minimum Gasteiger partial charge on any atom is -0.488 e. The first-order valence-electron chi connectivity index (χ1n) is 12.9. The second kappa shape index (κ2) is 8.88. The zero-order valence-corrected chi connectivity index (χ0v) is 21.4. The van der Waals surface area contributed by atoms with E-state index in [2.05, 4.69) is 43.0 Å². The first-order chi connectivity index (χ1) is 18.6. The third-order valence-electron chi connectivity index (χ3n) is 7.57. The molecule has 1 saturated heterocycles. The van der Waals surface area contributed by atoms with Gasteiger partial charge in [-0.2, -0.15) is 0 Å². The lowest BCUT2D eigenvalue weighted by molar-refractivity contribution is 0.186. The summed E-state index contributed by atoms with van der Waals surface area (Å²) < 4.78 is 14.6. The number of hydrogen-bond donors (Lipinski definition) is 3. The first-order valence-corrected chi connectivity index (χ1v) is 12.9. The smallest absolute Gasteiger partial charge is 0.155 e. The SMILES string of the molecule is Cc1cc(Nc2ncnc3ccc4c(c23)OCC2(CCNCC2)N4)ccc1Oc1ccc2c(c1)ncn2C. The van der Waals surface area contributed by atoms with Crippen molar-refractivity contribution >= 4 is 39.1 Å². The minimum absolute atomic E-state index is 0.0246. The molecule has 192 valence electrons. The number of nitrogens with one attached hydrogen (secondary N) is 3. The Balaban J connectivity index is 1.16. The molecule has 3 aromatic carbocycles. The van der Waals surface area contributed by atoms with E-state index in [1.807, 2.05) is 54.9 Å². The number of aromatic nitrogens is 4. The highest BCUT2D eigenvalue weighted by Crippen LogP contribution is 2.43. The lowest BCUT2D eigenvalue weighted by Gasteiger charge is -2.42. The second-order valence-electron chi connectivity index (χ2n) is 10.2. The summed E-state index contributed by atoms with van der Waals surface area (Å²) in [7, 11) is 1.98. The van der Waals surface area contributed by atoms with Gasteiger partial charge in [0.15, 0.2) is 5.75 Å². The number of fused-ring (bicyclic) bond motifs is 4. The number of benzene rings is 3. The third kappa shape index (κ3) is 3.95. The van der Waals surface area contributed by atoms with Crippen LogP contribution in [0.25, 0.3) is 21.9 Å². The quantitative estimate of drug-likeness (QED) is 0.302. The van der Waals surface area contributed by atoms with E-state index in [4.69, 9.17) is 9.47 Å². The fourth-order valence-electron chi connectivity index (χ4n) is 5.46. The maximum atomic E-state index is 6.41. The van der Waals surface area contributed by atoms with Crippen molar-refractivity contribution < 1.29 is 9.47 Å². The van der Waals surface area contributed by atoms with Gasteiger partial charge in [0.05, 0.1) is 39.5 Å². The average Bonchev–Trinajstić information content (AvgIpc) is 3.30. The third-order valence-corrected chi connectivity index (χ3v) is 7.57. The number of anilines is 3. The van der Waals surface area contributed by atoms with Gasteiger partial charge < -0.3 is 30.0 Å². The van der Waals surface area contributed by atoms with Crippen LogP contribution in [0.1, 0.15) is 18.4 Å². The maximum Gasteiger partial charge on any atom is 0.155 e. The van der Waals surface area contributed by atoms with Crippen LogP contribution in [0.3, 0.4) is 0 Å². The molecule has 3 N–H and O–H groups in total. The van der Waals surface area contributed by atoms with Crippen molar-refractivity contribution in [2.75, 3.05) is 30.3 Å². The molecule has 9 nitrogen and oxygen atoms in total. The molecule has 0 atom stereocenters. The number of nitrogens with zero attached hydrogens (tertiary/aromatic N) is 4. The van der Waals surface area contributed by atoms with Gasteiger partial charge in [0.1, 0.15) is 30.3 Å². The van der Waals surface area contributed by atoms with E-state index in [0.29, 0.717) is 12.4 Å². The highest BCUT2D eigenvalue weighted by atomic mass is 16.5. The molecule has 4 heterocycles. The molecule has 0 bridgehead atoms. The Bertz CT molecular complexity index is 1670. The zero-order chi connectivity index (χ0) is 25.7. The Kier molecular flexibility index (Phi) is 5.33. The van der Waals surface area contributed by atoms with Crippen LogP contribution in [-0.4, -0.2) is 44.8 Å². The molecule has 1 spiro atoms. The van der Waals surface area contributed by atoms with Crippen molar-refractivity contribution in [1.82, 2.24) is 24.8 Å². The maximum absolute atomic E-state index is 6.41. The van der Waals surface area contributed by atoms with Gasteiger partial charge in [0.2, 0.25) is 0 Å². The van der Waals surface area contributed by atoms with Crippen molar-refractivity contribution in [2.24, 2.45) is 7.05 Å². The van der Waals surface area contributed by atoms with Crippen molar-refractivity contribution in [3.8, 4) is 17.2 Å². The van der Waals surface area contributed by atoms with E-state index in [0.717, 1.165) is 82.1 Å². The Labute approximate surface area is 220 Å². The molecule has 0 amide bonds. The largest absolute Gasteiger partial charge is 0.488 e. The number of aryl methyl sites for hydroxylation is 2. The van der Waals surface area contributed by atoms with Gasteiger partial charge >= 0.3 is 0 Å². The predicted molar refractivity (Wildman–Crippen MR) is 149 cm³/mol. The lowest BCUT2D eigenvalue weighted by atomic mass is 9.87. The monoisotopic (exact) mass is 507 g/mol. The molecule has 0 saturated carbocycles. The van der Waals surface area contributed by atoms with E-state index in [-0.39, 0.29) is 5.54 Å². The fraction of sp³-hybridized carbons (Fsp3) is 0.276. The Morgan fingerprint density at radius 1 is 1.00 bits per heavy atom. The van der Waals surface area contributed by atoms with Crippen LogP contribution in [0, 0.1) is 6.92 Å². The van der Waals surface area contributed by atoms with Crippen LogP contribution in [0.15, 0.2) is 61.2 Å². The molecular formula is C29H29N7O2. The van der Waals surface area contributed by atoms with E-state index in [9.17, 15) is 0 Å². The molecule has 38 heavy (non-hydrogen) atoms. The van der Waals surface area contributed by atoms with Gasteiger partial charge in [-0.1, -0.05) is 0 Å². The van der Waals surface area contributed by atoms with Crippen molar-refractivity contribution in [1.29, 1.82) is 0 Å². The van der Waals surface area contributed by atoms with E-state index < -0.39 is 0 Å². The molecule has 5 aromatic rings. The van der Waals surface area contributed by atoms with Crippen molar-refractivity contribution in [3.63, 3.8) is 0 Å². The summed E-state index contributed by atoms with van der Waals surface area (Å²) >= 11 is 0. The molecule has 2 aromatic heterocycles. The summed E-state index contributed by atoms with van der Waals surface area (Å²) in [5.41, 5.74) is 5.69. The van der Waals surface area contributed by atoms with E-state index >= 15 is 0 Å². The number of rotatable bonds is 4. The molecule has 0 aliphatic carbocycles. The van der Waals surface area contributed by atoms with E-state index in [1.54, 1.807) is 12.7 Å². The van der Waals surface area contributed by atoms with Crippen LogP contribution < -0.4 is 25.4 Å². The molecule has 0 radical (unpaired) electrons. The molecule has 9 heteroatoms. The van der Waals surface area contributed by atoms with Gasteiger partial charge in [-0.05, 0) is 80.9 Å². The van der Waals surface area contributed by atoms with Crippen LogP contribution in [0.5, 0.6) is 17.2 Å². The van der Waals surface area contributed by atoms with Gasteiger partial charge in [0.25, 0.3) is 0 Å². The Hall–Kier alpha value is -4.37. The normalized spacial score (nSPS) is 16.2. The van der Waals surface area contributed by atoms with Gasteiger partial charge in [0, 0.05) is 18.8 Å². The van der Waals surface area contributed by atoms with Gasteiger partial charge in [-0.3, -0.25) is 0 Å². The summed E-state index contributed by atoms with van der Waals surface area (Å²) in [6.45, 7) is 4.65.